The van der Waals surface area contributed by atoms with Crippen molar-refractivity contribution in [2.75, 3.05) is 0 Å². The quantitative estimate of drug-likeness (QED) is 0.610. The van der Waals surface area contributed by atoms with Crippen molar-refractivity contribution in [2.24, 2.45) is 0 Å². The first kappa shape index (κ1) is 11.8. The Morgan fingerprint density at radius 3 is 2.12 bits per heavy atom. The van der Waals surface area contributed by atoms with E-state index < -0.39 is 34.9 Å². The summed E-state index contributed by atoms with van der Waals surface area (Å²) >= 11 is 0. The van der Waals surface area contributed by atoms with Crippen LogP contribution in [-0.4, -0.2) is 32.4 Å². The van der Waals surface area contributed by atoms with Gasteiger partial charge in [-0.3, -0.25) is 4.79 Å². The van der Waals surface area contributed by atoms with Gasteiger partial charge in [-0.25, -0.2) is 4.79 Å². The Kier molecular flexibility index (Phi) is 3.03. The Balaban J connectivity index is 3.35. The second-order valence-corrected chi connectivity index (χ2v) is 3.29. The van der Waals surface area contributed by atoms with E-state index in [0.29, 0.717) is 0 Å². The van der Waals surface area contributed by atoms with Crippen LogP contribution in [0, 0.1) is 0 Å². The van der Waals surface area contributed by atoms with Crippen LogP contribution in [0.4, 0.5) is 0 Å². The van der Waals surface area contributed by atoms with Gasteiger partial charge in [-0.05, 0) is 13.0 Å². The number of aromatic carboxylic acids is 1. The molecule has 1 unspecified atom stereocenters. The molecule has 0 amide bonds. The molecule has 0 aliphatic heterocycles. The van der Waals surface area contributed by atoms with Gasteiger partial charge in [0.2, 0.25) is 0 Å². The van der Waals surface area contributed by atoms with Crippen molar-refractivity contribution in [1.82, 2.24) is 0 Å². The summed E-state index contributed by atoms with van der Waals surface area (Å²) in [7, 11) is 0. The van der Waals surface area contributed by atoms with E-state index in [1.165, 1.54) is 6.92 Å². The number of carboxylic acids is 2. The highest BCUT2D eigenvalue weighted by molar-refractivity contribution is 5.92. The molecule has 0 spiro atoms. The number of aliphatic carboxylic acids is 1. The van der Waals surface area contributed by atoms with Gasteiger partial charge in [-0.15, -0.1) is 0 Å². The van der Waals surface area contributed by atoms with Crippen molar-refractivity contribution in [2.45, 2.75) is 12.8 Å². The van der Waals surface area contributed by atoms with E-state index >= 15 is 0 Å². The van der Waals surface area contributed by atoms with Gasteiger partial charge in [0.1, 0.15) is 17.1 Å². The molecule has 6 nitrogen and oxygen atoms in total. The molecule has 1 rings (SSSR count). The van der Waals surface area contributed by atoms with Gasteiger partial charge in [-0.2, -0.15) is 0 Å². The minimum absolute atomic E-state index is 0.0531. The highest BCUT2D eigenvalue weighted by Gasteiger charge is 2.21. The van der Waals surface area contributed by atoms with E-state index in [-0.39, 0.29) is 5.56 Å². The summed E-state index contributed by atoms with van der Waals surface area (Å²) in [5, 5.41) is 36.1. The topological polar surface area (TPSA) is 115 Å². The van der Waals surface area contributed by atoms with Gasteiger partial charge in [0.25, 0.3) is 0 Å². The lowest BCUT2D eigenvalue weighted by Gasteiger charge is -2.11. The Morgan fingerprint density at radius 2 is 1.69 bits per heavy atom. The van der Waals surface area contributed by atoms with E-state index in [2.05, 4.69) is 0 Å². The molecular formula is C10H10O6. The molecule has 0 heterocycles. The van der Waals surface area contributed by atoms with Crippen molar-refractivity contribution in [1.29, 1.82) is 0 Å². The van der Waals surface area contributed by atoms with Gasteiger partial charge in [-0.1, -0.05) is 0 Å². The molecular weight excluding hydrogens is 216 g/mol. The van der Waals surface area contributed by atoms with Crippen LogP contribution in [0.2, 0.25) is 0 Å². The van der Waals surface area contributed by atoms with Crippen LogP contribution in [0.3, 0.4) is 0 Å². The highest BCUT2D eigenvalue weighted by atomic mass is 16.4. The lowest BCUT2D eigenvalue weighted by molar-refractivity contribution is -0.138. The van der Waals surface area contributed by atoms with E-state index in [1.54, 1.807) is 0 Å². The second kappa shape index (κ2) is 4.09. The van der Waals surface area contributed by atoms with Gasteiger partial charge < -0.3 is 20.4 Å². The minimum Gasteiger partial charge on any atom is -0.508 e. The van der Waals surface area contributed by atoms with Crippen LogP contribution >= 0.6 is 0 Å². The Labute approximate surface area is 90.4 Å². The summed E-state index contributed by atoms with van der Waals surface area (Å²) in [5.41, 5.74) is -0.497. The first-order valence-corrected chi connectivity index (χ1v) is 4.36. The van der Waals surface area contributed by atoms with Crippen molar-refractivity contribution >= 4 is 11.9 Å². The number of aromatic hydroxyl groups is 2. The minimum atomic E-state index is -1.39. The predicted octanol–water partition coefficient (Wildman–Crippen LogP) is 0.984. The zero-order valence-corrected chi connectivity index (χ0v) is 8.34. The summed E-state index contributed by atoms with van der Waals surface area (Å²) in [6.45, 7) is 1.31. The smallest absolute Gasteiger partial charge is 0.339 e. The van der Waals surface area contributed by atoms with Gasteiger partial charge in [0.05, 0.1) is 5.92 Å². The molecule has 0 bridgehead atoms. The molecule has 1 aromatic rings. The summed E-state index contributed by atoms with van der Waals surface area (Å²) in [6, 6.07) is 1.77. The van der Waals surface area contributed by atoms with Crippen LogP contribution in [0.5, 0.6) is 11.5 Å². The molecule has 16 heavy (non-hydrogen) atoms. The maximum Gasteiger partial charge on any atom is 0.339 e. The van der Waals surface area contributed by atoms with Crippen molar-refractivity contribution in [3.05, 3.63) is 23.3 Å². The summed E-state index contributed by atoms with van der Waals surface area (Å²) < 4.78 is 0. The SMILES string of the molecule is CC(C(=O)O)c1cc(C(=O)O)c(O)cc1O. The maximum absolute atomic E-state index is 10.7. The number of carboxylic acid groups (broad SMARTS) is 2. The third-order valence-electron chi connectivity index (χ3n) is 2.21. The highest BCUT2D eigenvalue weighted by Crippen LogP contribution is 2.32. The predicted molar refractivity (Wildman–Crippen MR) is 52.8 cm³/mol. The molecule has 0 radical (unpaired) electrons. The molecule has 1 atom stereocenters. The van der Waals surface area contributed by atoms with E-state index in [9.17, 15) is 19.8 Å². The fourth-order valence-electron chi connectivity index (χ4n) is 1.25. The molecule has 1 aromatic carbocycles. The van der Waals surface area contributed by atoms with Crippen LogP contribution in [0.1, 0.15) is 28.8 Å². The van der Waals surface area contributed by atoms with Crippen LogP contribution in [0.25, 0.3) is 0 Å². The monoisotopic (exact) mass is 226 g/mol. The lowest BCUT2D eigenvalue weighted by Crippen LogP contribution is -2.09. The van der Waals surface area contributed by atoms with Crippen molar-refractivity contribution in [3.8, 4) is 11.5 Å². The number of phenols is 2. The summed E-state index contributed by atoms with van der Waals surface area (Å²) in [6.07, 6.45) is 0. The number of hydrogen-bond acceptors (Lipinski definition) is 4. The van der Waals surface area contributed by atoms with Crippen LogP contribution < -0.4 is 0 Å². The molecule has 6 heteroatoms. The Hall–Kier alpha value is -2.24. The molecule has 0 fully saturated rings. The lowest BCUT2D eigenvalue weighted by atomic mass is 9.97. The zero-order valence-electron chi connectivity index (χ0n) is 8.34. The standard InChI is InChI=1S/C10H10O6/c1-4(9(13)14)5-2-6(10(15)16)8(12)3-7(5)11/h2-4,11-12H,1H3,(H,13,14)(H,15,16). The van der Waals surface area contributed by atoms with Gasteiger partial charge >= 0.3 is 11.9 Å². The summed E-state index contributed by atoms with van der Waals surface area (Å²) in [4.78, 5) is 21.4. The molecule has 4 N–H and O–H groups in total. The fraction of sp³-hybridized carbons (Fsp3) is 0.200. The molecule has 0 aliphatic rings. The van der Waals surface area contributed by atoms with E-state index in [0.717, 1.165) is 12.1 Å². The second-order valence-electron chi connectivity index (χ2n) is 3.29. The third kappa shape index (κ3) is 2.05. The normalized spacial score (nSPS) is 12.1. The fourth-order valence-corrected chi connectivity index (χ4v) is 1.25. The average Bonchev–Trinajstić information content (AvgIpc) is 2.16. The largest absolute Gasteiger partial charge is 0.508 e. The van der Waals surface area contributed by atoms with Crippen LogP contribution in [0.15, 0.2) is 12.1 Å². The number of phenolic OH excluding ortho intramolecular Hbond substituents is 1. The van der Waals surface area contributed by atoms with E-state index in [4.69, 9.17) is 10.2 Å². The molecule has 0 aromatic heterocycles. The Morgan fingerprint density at radius 1 is 1.12 bits per heavy atom. The Bertz CT molecular complexity index is 451. The van der Waals surface area contributed by atoms with Gasteiger partial charge in [0.15, 0.2) is 0 Å². The van der Waals surface area contributed by atoms with Crippen molar-refractivity contribution < 1.29 is 30.0 Å². The first-order valence-electron chi connectivity index (χ1n) is 4.36. The molecule has 86 valence electrons. The number of hydrogen-bond donors (Lipinski definition) is 4. The molecule has 0 saturated carbocycles. The first-order chi connectivity index (χ1) is 7.34. The van der Waals surface area contributed by atoms with Gasteiger partial charge in [0, 0.05) is 11.6 Å². The maximum atomic E-state index is 10.7. The van der Waals surface area contributed by atoms with E-state index in [1.807, 2.05) is 0 Å². The number of rotatable bonds is 3. The van der Waals surface area contributed by atoms with Crippen LogP contribution in [-0.2, 0) is 4.79 Å². The number of benzene rings is 1. The molecule has 0 saturated heterocycles. The third-order valence-corrected chi connectivity index (χ3v) is 2.21. The average molecular weight is 226 g/mol. The zero-order chi connectivity index (χ0) is 12.5. The molecule has 0 aliphatic carbocycles. The number of carbonyl (C=O) groups is 2. The summed E-state index contributed by atoms with van der Waals surface area (Å²) in [5.74, 6) is -4.70. The van der Waals surface area contributed by atoms with Crippen molar-refractivity contribution in [3.63, 3.8) is 0 Å².